The van der Waals surface area contributed by atoms with E-state index in [2.05, 4.69) is 4.90 Å². The number of hydrogen-bond acceptors (Lipinski definition) is 5. The fourth-order valence-electron chi connectivity index (χ4n) is 3.06. The lowest BCUT2D eigenvalue weighted by molar-refractivity contribution is 0.104. The molecule has 24 heavy (non-hydrogen) atoms. The third-order valence-corrected chi connectivity index (χ3v) is 5.70. The lowest BCUT2D eigenvalue weighted by Gasteiger charge is -2.33. The first-order valence-electron chi connectivity index (χ1n) is 8.11. The van der Waals surface area contributed by atoms with Gasteiger partial charge in [0.25, 0.3) is 0 Å². The Kier molecular flexibility index (Phi) is 5.03. The van der Waals surface area contributed by atoms with Gasteiger partial charge in [0.2, 0.25) is 10.0 Å². The Bertz CT molecular complexity index is 750. The average Bonchev–Trinajstić information content (AvgIpc) is 2.88. The number of fused-ring (bicyclic) bond motifs is 1. The van der Waals surface area contributed by atoms with Gasteiger partial charge in [0.15, 0.2) is 5.78 Å². The molecule has 0 aromatic heterocycles. The first kappa shape index (κ1) is 17.1. The van der Waals surface area contributed by atoms with Crippen LogP contribution < -0.4 is 0 Å². The van der Waals surface area contributed by atoms with Gasteiger partial charge in [0.05, 0.1) is 12.9 Å². The van der Waals surface area contributed by atoms with E-state index >= 15 is 0 Å². The summed E-state index contributed by atoms with van der Waals surface area (Å²) in [6.45, 7) is 3.99. The van der Waals surface area contributed by atoms with E-state index in [1.807, 2.05) is 24.3 Å². The van der Waals surface area contributed by atoms with Gasteiger partial charge < -0.3 is 9.64 Å². The van der Waals surface area contributed by atoms with Crippen LogP contribution in [0.1, 0.15) is 22.3 Å². The summed E-state index contributed by atoms with van der Waals surface area (Å²) < 4.78 is 30.3. The van der Waals surface area contributed by atoms with Crippen molar-refractivity contribution in [3.8, 4) is 0 Å². The van der Waals surface area contributed by atoms with Crippen molar-refractivity contribution in [1.29, 1.82) is 0 Å². The number of ether oxygens (including phenoxy) is 1. The fraction of sp³-hybridized carbons (Fsp3) is 0.471. The second-order valence-electron chi connectivity index (χ2n) is 6.12. The number of piperazine rings is 1. The molecule has 2 aliphatic rings. The van der Waals surface area contributed by atoms with E-state index in [4.69, 9.17) is 4.74 Å². The monoisotopic (exact) mass is 350 g/mol. The van der Waals surface area contributed by atoms with Crippen molar-refractivity contribution >= 4 is 21.6 Å². The summed E-state index contributed by atoms with van der Waals surface area (Å²) in [6.07, 6.45) is 3.65. The summed E-state index contributed by atoms with van der Waals surface area (Å²) in [5.74, 6) is 0.648. The molecule has 1 aromatic carbocycles. The quantitative estimate of drug-likeness (QED) is 0.722. The van der Waals surface area contributed by atoms with E-state index in [9.17, 15) is 13.2 Å². The van der Waals surface area contributed by atoms with Gasteiger partial charge in [-0.15, -0.1) is 0 Å². The molecule has 0 spiro atoms. The van der Waals surface area contributed by atoms with Gasteiger partial charge >= 0.3 is 0 Å². The summed E-state index contributed by atoms with van der Waals surface area (Å²) in [6, 6.07) is 7.46. The number of nitrogens with zero attached hydrogens (tertiary/aromatic N) is 2. The molecule has 7 heteroatoms. The summed E-state index contributed by atoms with van der Waals surface area (Å²) in [5, 5.41) is 0. The predicted molar refractivity (Wildman–Crippen MR) is 92.2 cm³/mol. The third-order valence-electron chi connectivity index (χ3n) is 4.40. The van der Waals surface area contributed by atoms with Crippen molar-refractivity contribution in [3.05, 3.63) is 41.5 Å². The van der Waals surface area contributed by atoms with Crippen LogP contribution in [-0.2, 0) is 14.8 Å². The molecule has 130 valence electrons. The van der Waals surface area contributed by atoms with E-state index in [1.54, 1.807) is 6.08 Å². The lowest BCUT2D eigenvalue weighted by atomic mass is 10.1. The standard InChI is InChI=1S/C17H22N2O4S/c1-24(21,22)19-10-8-18(9-11-19)7-4-12-23-17-13-16(20)14-5-2-3-6-15(14)17/h2-3,5-6,13H,4,7-12H2,1H3. The first-order valence-corrected chi connectivity index (χ1v) is 9.96. The number of carbonyl (C=O) groups is 1. The molecule has 0 N–H and O–H groups in total. The molecule has 1 aliphatic carbocycles. The Labute approximate surface area is 142 Å². The molecule has 1 saturated heterocycles. The summed E-state index contributed by atoms with van der Waals surface area (Å²) in [4.78, 5) is 14.1. The largest absolute Gasteiger partial charge is 0.493 e. The molecule has 1 aliphatic heterocycles. The SMILES string of the molecule is CS(=O)(=O)N1CCN(CCCOC2=CC(=O)c3ccccc32)CC1. The van der Waals surface area contributed by atoms with E-state index < -0.39 is 10.0 Å². The summed E-state index contributed by atoms with van der Waals surface area (Å²) >= 11 is 0. The van der Waals surface area contributed by atoms with Crippen molar-refractivity contribution in [3.63, 3.8) is 0 Å². The average molecular weight is 350 g/mol. The molecule has 1 fully saturated rings. The molecule has 6 nitrogen and oxygen atoms in total. The molecule has 0 amide bonds. The van der Waals surface area contributed by atoms with Crippen LogP contribution in [0, 0.1) is 0 Å². The van der Waals surface area contributed by atoms with Crippen molar-refractivity contribution in [2.75, 3.05) is 45.6 Å². The number of ketones is 1. The van der Waals surface area contributed by atoms with E-state index in [0.717, 1.165) is 31.6 Å². The lowest BCUT2D eigenvalue weighted by Crippen LogP contribution is -2.48. The molecule has 0 saturated carbocycles. The van der Waals surface area contributed by atoms with Gasteiger partial charge in [0.1, 0.15) is 5.76 Å². The Balaban J connectivity index is 1.41. The van der Waals surface area contributed by atoms with Gasteiger partial charge in [-0.05, 0) is 6.42 Å². The van der Waals surface area contributed by atoms with Gasteiger partial charge in [-0.25, -0.2) is 8.42 Å². The highest BCUT2D eigenvalue weighted by Gasteiger charge is 2.24. The Morgan fingerprint density at radius 1 is 1.08 bits per heavy atom. The number of sulfonamides is 1. The van der Waals surface area contributed by atoms with Crippen LogP contribution >= 0.6 is 0 Å². The fourth-order valence-corrected chi connectivity index (χ4v) is 3.89. The Morgan fingerprint density at radius 2 is 1.75 bits per heavy atom. The minimum Gasteiger partial charge on any atom is -0.493 e. The van der Waals surface area contributed by atoms with Crippen LogP contribution in [0.2, 0.25) is 0 Å². The number of rotatable bonds is 6. The molecule has 0 unspecified atom stereocenters. The number of carbonyl (C=O) groups excluding carboxylic acids is 1. The molecule has 1 aromatic rings. The molecule has 0 atom stereocenters. The maximum absolute atomic E-state index is 11.8. The zero-order valence-corrected chi connectivity index (χ0v) is 14.6. The maximum atomic E-state index is 11.8. The number of benzene rings is 1. The zero-order chi connectivity index (χ0) is 17.2. The summed E-state index contributed by atoms with van der Waals surface area (Å²) in [7, 11) is -3.08. The Hall–Kier alpha value is -1.70. The molecular weight excluding hydrogens is 328 g/mol. The van der Waals surface area contributed by atoms with Gasteiger partial charge in [-0.2, -0.15) is 4.31 Å². The molecule has 0 radical (unpaired) electrons. The minimum atomic E-state index is -3.08. The first-order chi connectivity index (χ1) is 11.4. The third kappa shape index (κ3) is 3.85. The van der Waals surface area contributed by atoms with Gasteiger partial charge in [0, 0.05) is 49.9 Å². The highest BCUT2D eigenvalue weighted by Crippen LogP contribution is 2.27. The molecule has 0 bridgehead atoms. The molecular formula is C17H22N2O4S. The van der Waals surface area contributed by atoms with Crippen LogP contribution in [0.5, 0.6) is 0 Å². The van der Waals surface area contributed by atoms with E-state index in [0.29, 0.717) is 31.0 Å². The van der Waals surface area contributed by atoms with Crippen molar-refractivity contribution in [2.24, 2.45) is 0 Å². The minimum absolute atomic E-state index is 0.00232. The topological polar surface area (TPSA) is 66.9 Å². The van der Waals surface area contributed by atoms with Crippen LogP contribution in [0.4, 0.5) is 0 Å². The van der Waals surface area contributed by atoms with Gasteiger partial charge in [-0.1, -0.05) is 24.3 Å². The summed E-state index contributed by atoms with van der Waals surface area (Å²) in [5.41, 5.74) is 1.56. The van der Waals surface area contributed by atoms with Crippen LogP contribution in [0.15, 0.2) is 30.3 Å². The van der Waals surface area contributed by atoms with Crippen LogP contribution in [0.25, 0.3) is 5.76 Å². The highest BCUT2D eigenvalue weighted by atomic mass is 32.2. The second-order valence-corrected chi connectivity index (χ2v) is 8.11. The smallest absolute Gasteiger partial charge is 0.211 e. The zero-order valence-electron chi connectivity index (χ0n) is 13.8. The second kappa shape index (κ2) is 7.04. The maximum Gasteiger partial charge on any atom is 0.211 e. The molecule has 1 heterocycles. The highest BCUT2D eigenvalue weighted by molar-refractivity contribution is 7.88. The van der Waals surface area contributed by atoms with Gasteiger partial charge in [-0.3, -0.25) is 4.79 Å². The van der Waals surface area contributed by atoms with Crippen molar-refractivity contribution in [1.82, 2.24) is 9.21 Å². The van der Waals surface area contributed by atoms with Crippen molar-refractivity contribution < 1.29 is 17.9 Å². The normalized spacial score (nSPS) is 19.2. The Morgan fingerprint density at radius 3 is 2.42 bits per heavy atom. The van der Waals surface area contributed by atoms with Crippen LogP contribution in [0.3, 0.4) is 0 Å². The number of allylic oxidation sites excluding steroid dienone is 1. The number of hydrogen-bond donors (Lipinski definition) is 0. The predicted octanol–water partition coefficient (Wildman–Crippen LogP) is 1.21. The van der Waals surface area contributed by atoms with E-state index in [-0.39, 0.29) is 5.78 Å². The molecule has 3 rings (SSSR count). The van der Waals surface area contributed by atoms with E-state index in [1.165, 1.54) is 10.6 Å². The van der Waals surface area contributed by atoms with Crippen molar-refractivity contribution in [2.45, 2.75) is 6.42 Å². The van der Waals surface area contributed by atoms with Crippen LogP contribution in [-0.4, -0.2) is 69.0 Å².